The van der Waals surface area contributed by atoms with E-state index in [0.29, 0.717) is 31.4 Å². The van der Waals surface area contributed by atoms with Gasteiger partial charge < -0.3 is 15.5 Å². The number of aryl methyl sites for hydroxylation is 1. The Labute approximate surface area is 206 Å². The van der Waals surface area contributed by atoms with Gasteiger partial charge >= 0.3 is 5.69 Å². The number of unbranched alkanes of at least 4 members (excludes halogenated alkanes) is 3. The third-order valence-corrected chi connectivity index (χ3v) is 7.55. The zero-order valence-corrected chi connectivity index (χ0v) is 20.3. The summed E-state index contributed by atoms with van der Waals surface area (Å²) in [4.78, 5) is 37.7. The quantitative estimate of drug-likeness (QED) is 0.419. The van der Waals surface area contributed by atoms with Crippen LogP contribution in [-0.4, -0.2) is 49.8 Å². The number of aliphatic hydroxyl groups is 2. The van der Waals surface area contributed by atoms with Gasteiger partial charge in [0.15, 0.2) is 0 Å². The summed E-state index contributed by atoms with van der Waals surface area (Å²) in [6.07, 6.45) is 3.95. The van der Waals surface area contributed by atoms with Gasteiger partial charge in [-0.25, -0.2) is 9.18 Å². The summed E-state index contributed by atoms with van der Waals surface area (Å²) in [5.74, 6) is -1.05. The molecule has 3 N–H and O–H groups in total. The number of hydrogen-bond donors (Lipinski definition) is 3. The van der Waals surface area contributed by atoms with E-state index in [0.717, 1.165) is 18.9 Å². The Bertz CT molecular complexity index is 1220. The molecule has 1 aromatic heterocycles. The first-order chi connectivity index (χ1) is 16.8. The summed E-state index contributed by atoms with van der Waals surface area (Å²) in [6.45, 7) is 2.14. The van der Waals surface area contributed by atoms with Gasteiger partial charge in [-0.1, -0.05) is 12.8 Å². The smallest absolute Gasteiger partial charge is 0.331 e. The Morgan fingerprint density at radius 3 is 2.71 bits per heavy atom. The molecule has 35 heavy (non-hydrogen) atoms. The third kappa shape index (κ3) is 6.39. The Morgan fingerprint density at radius 1 is 1.29 bits per heavy atom. The van der Waals surface area contributed by atoms with E-state index in [1.807, 2.05) is 0 Å². The molecule has 0 spiro atoms. The van der Waals surface area contributed by atoms with Gasteiger partial charge in [0.05, 0.1) is 28.9 Å². The number of nitrogens with one attached hydrogen (secondary N) is 1. The lowest BCUT2D eigenvalue weighted by Gasteiger charge is -2.16. The molecule has 1 saturated heterocycles. The minimum atomic E-state index is -0.709. The largest absolute Gasteiger partial charge is 0.395 e. The fourth-order valence-corrected chi connectivity index (χ4v) is 5.39. The standard InChI is InChI=1S/C24H29FN4O5S/c1-15-13-29(21-11-19(31)20(14-30)35-21)24(34)28(23(15)33)9-5-3-2-4-8-27-22(32)16-6-7-18(25)17(10-16)12-26/h6-7,10,13,19-21,30-31H,2-5,8-9,11,14H2,1H3,(H,27,32)/t19-,20+,21+/m0/s1/i25+0. The molecule has 1 fully saturated rings. The predicted octanol–water partition coefficient (Wildman–Crippen LogP) is 1.68. The molecule has 1 amide bonds. The van der Waals surface area contributed by atoms with Gasteiger partial charge in [-0.3, -0.25) is 18.7 Å². The van der Waals surface area contributed by atoms with Crippen LogP contribution in [0.4, 0.5) is 4.39 Å². The Kier molecular flexibility index (Phi) is 9.26. The second kappa shape index (κ2) is 12.2. The lowest BCUT2D eigenvalue weighted by molar-refractivity contribution is 0.0952. The number of nitrogens with zero attached hydrogens (tertiary/aromatic N) is 3. The van der Waals surface area contributed by atoms with Gasteiger partial charge in [0.25, 0.3) is 11.5 Å². The minimum absolute atomic E-state index is 0.180. The molecule has 3 rings (SSSR count). The zero-order chi connectivity index (χ0) is 25.5. The lowest BCUT2D eigenvalue weighted by Crippen LogP contribution is -2.41. The van der Waals surface area contributed by atoms with Gasteiger partial charge in [-0.2, -0.15) is 5.26 Å². The highest BCUT2D eigenvalue weighted by Crippen LogP contribution is 2.40. The van der Waals surface area contributed by atoms with Gasteiger partial charge in [0, 0.05) is 36.8 Å². The molecule has 188 valence electrons. The number of carbonyl (C=O) groups excluding carboxylic acids is 1. The van der Waals surface area contributed by atoms with E-state index in [4.69, 9.17) is 5.26 Å². The number of rotatable bonds is 10. The molecule has 0 saturated carbocycles. The van der Waals surface area contributed by atoms with E-state index in [1.165, 1.54) is 39.2 Å². The molecular formula is C24H29FN4O5S. The van der Waals surface area contributed by atoms with E-state index >= 15 is 0 Å². The van der Waals surface area contributed by atoms with E-state index in [2.05, 4.69) is 5.32 Å². The van der Waals surface area contributed by atoms with Crippen LogP contribution < -0.4 is 16.6 Å². The second-order valence-electron chi connectivity index (χ2n) is 8.55. The Morgan fingerprint density at radius 2 is 2.03 bits per heavy atom. The molecule has 1 aliphatic rings. The highest BCUT2D eigenvalue weighted by atomic mass is 32.2. The van der Waals surface area contributed by atoms with Gasteiger partial charge in [0.2, 0.25) is 0 Å². The van der Waals surface area contributed by atoms with Crippen LogP contribution in [0.5, 0.6) is 0 Å². The normalized spacial score (nSPS) is 19.5. The van der Waals surface area contributed by atoms with E-state index in [-0.39, 0.29) is 46.4 Å². The van der Waals surface area contributed by atoms with E-state index < -0.39 is 17.6 Å². The molecule has 1 aliphatic heterocycles. The number of nitriles is 1. The first kappa shape index (κ1) is 26.7. The summed E-state index contributed by atoms with van der Waals surface area (Å²) in [6, 6.07) is 5.34. The highest BCUT2D eigenvalue weighted by molar-refractivity contribution is 8.00. The van der Waals surface area contributed by atoms with Crippen molar-refractivity contribution in [1.82, 2.24) is 14.5 Å². The van der Waals surface area contributed by atoms with Gasteiger partial charge in [-0.15, -0.1) is 11.8 Å². The van der Waals surface area contributed by atoms with E-state index in [9.17, 15) is 29.0 Å². The maximum Gasteiger partial charge on any atom is 0.331 e. The maximum atomic E-state index is 13.4. The maximum absolute atomic E-state index is 13.4. The minimum Gasteiger partial charge on any atom is -0.395 e. The molecule has 0 unspecified atom stereocenters. The number of carbonyl (C=O) groups is 1. The van der Waals surface area contributed by atoms with E-state index in [1.54, 1.807) is 13.0 Å². The number of amides is 1. The highest BCUT2D eigenvalue weighted by Gasteiger charge is 2.35. The summed E-state index contributed by atoms with van der Waals surface area (Å²) >= 11 is 1.33. The van der Waals surface area contributed by atoms with Crippen LogP contribution in [0.25, 0.3) is 0 Å². The Balaban J connectivity index is 1.48. The Hall–Kier alpha value is -2.94. The van der Waals surface area contributed by atoms with Crippen molar-refractivity contribution in [2.45, 2.75) is 62.3 Å². The van der Waals surface area contributed by atoms with Crippen molar-refractivity contribution < 1.29 is 19.4 Å². The van der Waals surface area contributed by atoms with Crippen molar-refractivity contribution >= 4 is 17.7 Å². The molecule has 9 nitrogen and oxygen atoms in total. The fraction of sp³-hybridized carbons (Fsp3) is 0.500. The number of thioether (sulfide) groups is 1. The van der Waals surface area contributed by atoms with Crippen LogP contribution in [-0.2, 0) is 6.54 Å². The summed E-state index contributed by atoms with van der Waals surface area (Å²) in [7, 11) is 0. The summed E-state index contributed by atoms with van der Waals surface area (Å²) in [5, 5.41) is 30.3. The molecular weight excluding hydrogens is 475 g/mol. The number of aromatic nitrogens is 2. The van der Waals surface area contributed by atoms with Gasteiger partial charge in [0.1, 0.15) is 11.9 Å². The first-order valence-electron chi connectivity index (χ1n) is 11.5. The number of benzene rings is 1. The summed E-state index contributed by atoms with van der Waals surface area (Å²) < 4.78 is 16.1. The van der Waals surface area contributed by atoms with Crippen molar-refractivity contribution in [2.24, 2.45) is 0 Å². The SMILES string of the molecule is Cc1cn([C@H]2C[C@H](O)[C@@H](CO)S2)c(=O)n(CCCCCCNC(=O)c2ccc([19F])c(C#N)c2)c1=O. The van der Waals surface area contributed by atoms with Crippen LogP contribution >= 0.6 is 11.8 Å². The third-order valence-electron chi connectivity index (χ3n) is 6.00. The zero-order valence-electron chi connectivity index (χ0n) is 19.4. The molecule has 11 heteroatoms. The lowest BCUT2D eigenvalue weighted by atomic mass is 10.1. The fourth-order valence-electron chi connectivity index (χ4n) is 4.02. The first-order valence-corrected chi connectivity index (χ1v) is 12.5. The number of aliphatic hydroxyl groups excluding tert-OH is 2. The molecule has 0 aliphatic carbocycles. The topological polar surface area (TPSA) is 137 Å². The van der Waals surface area contributed by atoms with Gasteiger partial charge in [-0.05, 0) is 38.0 Å². The van der Waals surface area contributed by atoms with Crippen molar-refractivity contribution in [1.29, 1.82) is 5.26 Å². The van der Waals surface area contributed by atoms with Crippen LogP contribution in [0.1, 0.15) is 59.0 Å². The van der Waals surface area contributed by atoms with Crippen LogP contribution in [0.15, 0.2) is 34.0 Å². The average Bonchev–Trinajstić information content (AvgIpc) is 3.22. The van der Waals surface area contributed by atoms with Crippen LogP contribution in [0, 0.1) is 24.1 Å². The molecule has 2 aromatic rings. The molecule has 0 bridgehead atoms. The molecule has 1 aromatic carbocycles. The molecule has 2 heterocycles. The van der Waals surface area contributed by atoms with Crippen LogP contribution in [0.2, 0.25) is 0 Å². The van der Waals surface area contributed by atoms with Crippen molar-refractivity contribution in [3.63, 3.8) is 0 Å². The predicted molar refractivity (Wildman–Crippen MR) is 130 cm³/mol. The summed E-state index contributed by atoms with van der Waals surface area (Å²) in [5.41, 5.74) is -0.283. The molecule has 0 radical (unpaired) electrons. The number of hydrogen-bond acceptors (Lipinski definition) is 7. The van der Waals surface area contributed by atoms with Crippen LogP contribution in [0.3, 0.4) is 0 Å². The van der Waals surface area contributed by atoms with Crippen molar-refractivity contribution in [3.05, 3.63) is 67.7 Å². The van der Waals surface area contributed by atoms with Crippen molar-refractivity contribution in [3.8, 4) is 6.07 Å². The average molecular weight is 505 g/mol. The second-order valence-corrected chi connectivity index (χ2v) is 9.97. The monoisotopic (exact) mass is 504 g/mol. The molecule has 3 atom stereocenters. The number of halogens is 1. The van der Waals surface area contributed by atoms with Crippen molar-refractivity contribution in [2.75, 3.05) is 13.2 Å².